The number of benzene rings is 1. The maximum Gasteiger partial charge on any atom is 0.333 e. The minimum atomic E-state index is -0.386. The van der Waals surface area contributed by atoms with E-state index in [9.17, 15) is 9.59 Å². The van der Waals surface area contributed by atoms with E-state index in [0.29, 0.717) is 0 Å². The molecule has 3 N–H and O–H groups in total. The third kappa shape index (κ3) is 4.76. The molecule has 2 rings (SSSR count). The van der Waals surface area contributed by atoms with Gasteiger partial charge in [0.15, 0.2) is 0 Å². The predicted molar refractivity (Wildman–Crippen MR) is 76.7 cm³/mol. The van der Waals surface area contributed by atoms with Crippen LogP contribution in [0.15, 0.2) is 42.5 Å². The first kappa shape index (κ1) is 14.1. The van der Waals surface area contributed by atoms with Crippen LogP contribution in [0.4, 0.5) is 4.79 Å². The van der Waals surface area contributed by atoms with E-state index in [1.165, 1.54) is 0 Å². The zero-order valence-corrected chi connectivity index (χ0v) is 11.3. The highest BCUT2D eigenvalue weighted by molar-refractivity contribution is 5.82. The van der Waals surface area contributed by atoms with Crippen molar-refractivity contribution in [2.75, 3.05) is 0 Å². The molecule has 5 heteroatoms. The summed E-state index contributed by atoms with van der Waals surface area (Å²) in [5.41, 5.74) is 5.67. The van der Waals surface area contributed by atoms with Crippen molar-refractivity contribution in [1.82, 2.24) is 16.2 Å². The van der Waals surface area contributed by atoms with Crippen LogP contribution in [0, 0.1) is 0 Å². The minimum absolute atomic E-state index is 0.0507. The Bertz CT molecular complexity index is 485. The third-order valence-corrected chi connectivity index (χ3v) is 3.09. The number of carbonyl (C=O) groups is 2. The molecule has 1 aromatic carbocycles. The topological polar surface area (TPSA) is 70.2 Å². The smallest absolute Gasteiger partial charge is 0.331 e. The Morgan fingerprint density at radius 2 is 1.95 bits per heavy atom. The summed E-state index contributed by atoms with van der Waals surface area (Å²) in [7, 11) is 0. The van der Waals surface area contributed by atoms with Crippen molar-refractivity contribution in [3.05, 3.63) is 48.0 Å². The fourth-order valence-corrected chi connectivity index (χ4v) is 2.09. The molecule has 0 heterocycles. The van der Waals surface area contributed by atoms with Crippen LogP contribution >= 0.6 is 0 Å². The molecule has 1 aromatic rings. The van der Waals surface area contributed by atoms with Crippen molar-refractivity contribution in [1.29, 1.82) is 0 Å². The summed E-state index contributed by atoms with van der Waals surface area (Å²) in [6.45, 7) is 0. The van der Waals surface area contributed by atoms with Gasteiger partial charge in [0.25, 0.3) is 0 Å². The van der Waals surface area contributed by atoms with Crippen LogP contribution in [0.25, 0.3) is 0 Å². The van der Waals surface area contributed by atoms with Gasteiger partial charge in [0.05, 0.1) is 6.42 Å². The van der Waals surface area contributed by atoms with Crippen LogP contribution in [0.2, 0.25) is 0 Å². The molecule has 20 heavy (non-hydrogen) atoms. The van der Waals surface area contributed by atoms with Gasteiger partial charge in [-0.2, -0.15) is 0 Å². The molecule has 3 amide bonds. The lowest BCUT2D eigenvalue weighted by molar-refractivity contribution is -0.121. The zero-order valence-electron chi connectivity index (χ0n) is 11.3. The molecular formula is C15H19N3O2. The number of hydrogen-bond acceptors (Lipinski definition) is 2. The lowest BCUT2D eigenvalue weighted by atomic mass is 10.0. The second kappa shape index (κ2) is 7.33. The van der Waals surface area contributed by atoms with E-state index < -0.39 is 0 Å². The highest BCUT2D eigenvalue weighted by Gasteiger charge is 2.11. The number of allylic oxidation sites excluding steroid dienone is 1. The Labute approximate surface area is 118 Å². The van der Waals surface area contributed by atoms with E-state index in [1.807, 2.05) is 36.4 Å². The van der Waals surface area contributed by atoms with E-state index in [-0.39, 0.29) is 24.4 Å². The lowest BCUT2D eigenvalue weighted by Gasteiger charge is -2.18. The van der Waals surface area contributed by atoms with Gasteiger partial charge in [-0.05, 0) is 24.8 Å². The van der Waals surface area contributed by atoms with E-state index >= 15 is 0 Å². The van der Waals surface area contributed by atoms with Gasteiger partial charge in [0.1, 0.15) is 0 Å². The summed E-state index contributed by atoms with van der Waals surface area (Å²) in [6, 6.07) is 9.04. The molecule has 0 fully saturated rings. The molecule has 1 aliphatic carbocycles. The lowest BCUT2D eigenvalue weighted by Crippen LogP contribution is -2.50. The van der Waals surface area contributed by atoms with Crippen molar-refractivity contribution in [3.63, 3.8) is 0 Å². The second-order valence-corrected chi connectivity index (χ2v) is 4.77. The van der Waals surface area contributed by atoms with E-state index in [4.69, 9.17) is 0 Å². The molecule has 0 spiro atoms. The van der Waals surface area contributed by atoms with Gasteiger partial charge >= 0.3 is 6.03 Å². The zero-order chi connectivity index (χ0) is 14.2. The average Bonchev–Trinajstić information content (AvgIpc) is 2.47. The summed E-state index contributed by atoms with van der Waals surface area (Å²) >= 11 is 0. The standard InChI is InChI=1S/C15H19N3O2/c19-14(11-12-7-3-1-4-8-12)17-18-15(20)16-13-9-5-2-6-10-13/h1,3-5,7-9,13H,2,6,10-11H2,(H,17,19)(H2,16,18,20)/t13-/m0/s1. The van der Waals surface area contributed by atoms with Crippen molar-refractivity contribution >= 4 is 11.9 Å². The van der Waals surface area contributed by atoms with Gasteiger partial charge in [0, 0.05) is 6.04 Å². The molecule has 0 saturated heterocycles. The Morgan fingerprint density at radius 1 is 1.15 bits per heavy atom. The molecular weight excluding hydrogens is 254 g/mol. The molecule has 0 saturated carbocycles. The minimum Gasteiger partial charge on any atom is -0.331 e. The van der Waals surface area contributed by atoms with Crippen molar-refractivity contribution in [3.8, 4) is 0 Å². The van der Waals surface area contributed by atoms with Gasteiger partial charge in [-0.25, -0.2) is 10.2 Å². The molecule has 1 atom stereocenters. The van der Waals surface area contributed by atoms with Gasteiger partial charge in [-0.1, -0.05) is 42.5 Å². The number of nitrogens with one attached hydrogen (secondary N) is 3. The van der Waals surface area contributed by atoms with Crippen LogP contribution in [-0.2, 0) is 11.2 Å². The predicted octanol–water partition coefficient (Wildman–Crippen LogP) is 1.67. The van der Waals surface area contributed by atoms with Crippen molar-refractivity contribution in [2.24, 2.45) is 0 Å². The van der Waals surface area contributed by atoms with Gasteiger partial charge in [-0.15, -0.1) is 0 Å². The normalized spacial score (nSPS) is 17.3. The highest BCUT2D eigenvalue weighted by atomic mass is 16.2. The Morgan fingerprint density at radius 3 is 2.65 bits per heavy atom. The van der Waals surface area contributed by atoms with Gasteiger partial charge < -0.3 is 5.32 Å². The third-order valence-electron chi connectivity index (χ3n) is 3.09. The molecule has 0 radical (unpaired) electrons. The fourth-order valence-electron chi connectivity index (χ4n) is 2.09. The first-order chi connectivity index (χ1) is 9.74. The number of rotatable bonds is 3. The quantitative estimate of drug-likeness (QED) is 0.579. The number of hydrogen-bond donors (Lipinski definition) is 3. The van der Waals surface area contributed by atoms with Crippen molar-refractivity contribution in [2.45, 2.75) is 31.7 Å². The van der Waals surface area contributed by atoms with Gasteiger partial charge in [-0.3, -0.25) is 10.2 Å². The summed E-state index contributed by atoms with van der Waals surface area (Å²) in [5.74, 6) is -0.245. The highest BCUT2D eigenvalue weighted by Crippen LogP contribution is 2.09. The largest absolute Gasteiger partial charge is 0.333 e. The molecule has 106 valence electrons. The monoisotopic (exact) mass is 273 g/mol. The van der Waals surface area contributed by atoms with Crippen LogP contribution in [0.1, 0.15) is 24.8 Å². The van der Waals surface area contributed by atoms with Gasteiger partial charge in [0.2, 0.25) is 5.91 Å². The number of urea groups is 1. The van der Waals surface area contributed by atoms with Crippen LogP contribution in [0.3, 0.4) is 0 Å². The molecule has 1 aliphatic rings. The summed E-state index contributed by atoms with van der Waals surface area (Å²) < 4.78 is 0. The molecule has 0 bridgehead atoms. The van der Waals surface area contributed by atoms with Crippen LogP contribution in [0.5, 0.6) is 0 Å². The second-order valence-electron chi connectivity index (χ2n) is 4.77. The number of hydrazine groups is 1. The Hall–Kier alpha value is -2.30. The summed E-state index contributed by atoms with van der Waals surface area (Å²) in [6.07, 6.45) is 7.35. The van der Waals surface area contributed by atoms with E-state index in [2.05, 4.69) is 22.2 Å². The molecule has 5 nitrogen and oxygen atoms in total. The molecule has 0 aromatic heterocycles. The maximum absolute atomic E-state index is 11.6. The molecule has 0 unspecified atom stereocenters. The number of amides is 3. The SMILES string of the molecule is O=C(Cc1ccccc1)NNC(=O)N[C@H]1C=CCCC1. The first-order valence-corrected chi connectivity index (χ1v) is 6.80. The fraction of sp³-hybridized carbons (Fsp3) is 0.333. The number of carbonyl (C=O) groups excluding carboxylic acids is 2. The first-order valence-electron chi connectivity index (χ1n) is 6.80. The van der Waals surface area contributed by atoms with Crippen LogP contribution in [-0.4, -0.2) is 18.0 Å². The van der Waals surface area contributed by atoms with Crippen LogP contribution < -0.4 is 16.2 Å². The Kier molecular flexibility index (Phi) is 5.17. The average molecular weight is 273 g/mol. The van der Waals surface area contributed by atoms with Crippen molar-refractivity contribution < 1.29 is 9.59 Å². The van der Waals surface area contributed by atoms with E-state index in [1.54, 1.807) is 0 Å². The molecule has 0 aliphatic heterocycles. The van der Waals surface area contributed by atoms with E-state index in [0.717, 1.165) is 24.8 Å². The summed E-state index contributed by atoms with van der Waals surface area (Å²) in [5, 5.41) is 2.79. The maximum atomic E-state index is 11.6. The Balaban J connectivity index is 1.69. The summed E-state index contributed by atoms with van der Waals surface area (Å²) in [4.78, 5) is 23.2.